The average molecular weight is 366 g/mol. The van der Waals surface area contributed by atoms with E-state index in [1.807, 2.05) is 0 Å². The molecule has 0 radical (unpaired) electrons. The quantitative estimate of drug-likeness (QED) is 0.291. The number of carbonyl (C=O) groups excluding carboxylic acids is 1. The Morgan fingerprint density at radius 2 is 1.59 bits per heavy atom. The third-order valence-corrected chi connectivity index (χ3v) is 6.50. The minimum atomic E-state index is -5.50. The van der Waals surface area contributed by atoms with E-state index in [-0.39, 0.29) is 64.7 Å². The van der Waals surface area contributed by atoms with Crippen LogP contribution in [0.2, 0.25) is 0 Å². The van der Waals surface area contributed by atoms with Gasteiger partial charge in [-0.25, -0.2) is 0 Å². The molecule has 0 amide bonds. The van der Waals surface area contributed by atoms with E-state index < -0.39 is 38.7 Å². The van der Waals surface area contributed by atoms with Crippen LogP contribution in [-0.2, 0) is 9.13 Å². The van der Waals surface area contributed by atoms with Crippen LogP contribution in [0.1, 0.15) is 23.7 Å². The van der Waals surface area contributed by atoms with Crippen LogP contribution < -0.4 is 68.9 Å². The maximum Gasteiger partial charge on any atom is 1.00 e. The molecule has 0 saturated heterocycles. The summed E-state index contributed by atoms with van der Waals surface area (Å²) in [6.07, 6.45) is -0.706. The molecule has 0 aliphatic heterocycles. The minimum Gasteiger partial charge on any atom is -0.810 e. The van der Waals surface area contributed by atoms with Gasteiger partial charge in [-0.15, -0.1) is 0 Å². The largest absolute Gasteiger partial charge is 1.00 e. The van der Waals surface area contributed by atoms with Gasteiger partial charge in [-0.05, 0) is 6.42 Å². The smallest absolute Gasteiger partial charge is 0.810 e. The van der Waals surface area contributed by atoms with Crippen LogP contribution in [0.3, 0.4) is 0 Å². The first-order valence-corrected chi connectivity index (χ1v) is 8.99. The summed E-state index contributed by atoms with van der Waals surface area (Å²) in [5.41, 5.74) is 0.288. The summed E-state index contributed by atoms with van der Waals surface area (Å²) in [6.45, 7) is 1.33. The van der Waals surface area contributed by atoms with Gasteiger partial charge >= 0.3 is 66.7 Å². The third-order valence-electron chi connectivity index (χ3n) is 2.82. The van der Waals surface area contributed by atoms with Crippen LogP contribution in [0.15, 0.2) is 30.3 Å². The predicted octanol–water partition coefficient (Wildman–Crippen LogP) is -5.68. The van der Waals surface area contributed by atoms with E-state index in [9.17, 15) is 23.7 Å². The fourth-order valence-electron chi connectivity index (χ4n) is 1.76. The summed E-state index contributed by atoms with van der Waals surface area (Å²) in [5.74, 6) is -1.47. The van der Waals surface area contributed by atoms with E-state index in [4.69, 9.17) is 9.79 Å². The zero-order valence-electron chi connectivity index (χ0n) is 12.6. The molecule has 11 heteroatoms. The molecule has 0 aliphatic carbocycles. The Morgan fingerprint density at radius 1 is 1.14 bits per heavy atom. The van der Waals surface area contributed by atoms with E-state index in [1.54, 1.807) is 18.2 Å². The molecule has 1 aromatic carbocycles. The molecule has 2 unspecified atom stereocenters. The van der Waals surface area contributed by atoms with Crippen molar-refractivity contribution in [3.05, 3.63) is 35.9 Å². The van der Waals surface area contributed by atoms with Crippen LogP contribution in [0.4, 0.5) is 0 Å². The second-order valence-electron chi connectivity index (χ2n) is 4.48. The van der Waals surface area contributed by atoms with E-state index in [0.29, 0.717) is 0 Å². The Morgan fingerprint density at radius 3 is 1.95 bits per heavy atom. The van der Waals surface area contributed by atoms with Crippen molar-refractivity contribution >= 4 is 21.0 Å². The maximum atomic E-state index is 12.0. The molecule has 0 aliphatic rings. The number of benzene rings is 1. The van der Waals surface area contributed by atoms with Crippen molar-refractivity contribution in [1.82, 2.24) is 0 Å². The van der Waals surface area contributed by atoms with Crippen molar-refractivity contribution in [2.75, 3.05) is 0 Å². The maximum absolute atomic E-state index is 12.0. The molecule has 0 saturated carbocycles. The van der Waals surface area contributed by atoms with Gasteiger partial charge in [0.05, 0.1) is 5.40 Å². The van der Waals surface area contributed by atoms with Gasteiger partial charge in [0.15, 0.2) is 5.78 Å². The number of ketones is 1. The second-order valence-corrected chi connectivity index (χ2v) is 8.39. The van der Waals surface area contributed by atoms with E-state index in [2.05, 4.69) is 0 Å². The molecule has 1 rings (SSSR count). The van der Waals surface area contributed by atoms with Gasteiger partial charge in [0, 0.05) is 11.5 Å². The first kappa shape index (κ1) is 25.4. The van der Waals surface area contributed by atoms with Gasteiger partial charge in [0.25, 0.3) is 0 Å². The fraction of sp³-hybridized carbons (Fsp3) is 0.364. The Balaban J connectivity index is 0. The van der Waals surface area contributed by atoms with Crippen molar-refractivity contribution < 1.29 is 92.6 Å². The van der Waals surface area contributed by atoms with Gasteiger partial charge in [-0.2, -0.15) is 0 Å². The fourth-order valence-corrected chi connectivity index (χ4v) is 4.40. The molecule has 2 N–H and O–H groups in total. The van der Waals surface area contributed by atoms with Crippen LogP contribution in [0.25, 0.3) is 0 Å². The monoisotopic (exact) mass is 366 g/mol. The Kier molecular flexibility index (Phi) is 11.8. The van der Waals surface area contributed by atoms with Crippen molar-refractivity contribution in [3.8, 4) is 0 Å². The summed E-state index contributed by atoms with van der Waals surface area (Å²) in [6, 6.07) is 7.89. The van der Waals surface area contributed by atoms with Crippen molar-refractivity contribution in [3.63, 3.8) is 0 Å². The molecule has 0 heterocycles. The van der Waals surface area contributed by atoms with Gasteiger partial charge in [0.2, 0.25) is 0 Å². The van der Waals surface area contributed by atoms with Gasteiger partial charge in [0.1, 0.15) is 0 Å². The molecule has 0 aromatic heterocycles. The number of hydrogen-bond donors (Lipinski definition) is 2. The van der Waals surface area contributed by atoms with Crippen LogP contribution >= 0.6 is 15.2 Å². The minimum absolute atomic E-state index is 0. The zero-order valence-corrected chi connectivity index (χ0v) is 18.4. The molecule has 7 nitrogen and oxygen atoms in total. The second kappa shape index (κ2) is 10.2. The molecule has 1 aromatic rings. The molecule has 22 heavy (non-hydrogen) atoms. The Bertz CT molecular complexity index is 547. The summed E-state index contributed by atoms with van der Waals surface area (Å²) in [5, 5.41) is -2.38. The van der Waals surface area contributed by atoms with Crippen LogP contribution in [0, 0.1) is 5.92 Å². The van der Waals surface area contributed by atoms with Crippen molar-refractivity contribution in [2.45, 2.75) is 18.7 Å². The van der Waals surface area contributed by atoms with Gasteiger partial charge in [-0.3, -0.25) is 9.36 Å². The molecule has 0 spiro atoms. The summed E-state index contributed by atoms with van der Waals surface area (Å²) < 4.78 is 22.0. The molecule has 2 atom stereocenters. The van der Waals surface area contributed by atoms with Gasteiger partial charge in [-0.1, -0.05) is 44.9 Å². The van der Waals surface area contributed by atoms with Crippen molar-refractivity contribution in [2.24, 2.45) is 5.92 Å². The number of hydrogen-bond acceptors (Lipinski definition) is 5. The van der Waals surface area contributed by atoms with E-state index in [1.165, 1.54) is 19.1 Å². The summed E-state index contributed by atoms with van der Waals surface area (Å²) in [4.78, 5) is 51.8. The number of rotatable bonds is 6. The van der Waals surface area contributed by atoms with Crippen LogP contribution in [0.5, 0.6) is 0 Å². The molecule has 112 valence electrons. The molecular weight excluding hydrogens is 352 g/mol. The average Bonchev–Trinajstić information content (AvgIpc) is 2.33. The normalized spacial score (nSPS) is 14.2. The first-order valence-electron chi connectivity index (χ1n) is 5.69. The Hall–Kier alpha value is 1.19. The zero-order chi connectivity index (χ0) is 15.6. The summed E-state index contributed by atoms with van der Waals surface area (Å²) in [7, 11) is -10.6. The SMILES string of the molecule is CC(CC(P(=O)([O-])[O-])P(=O)(O)O)C(=O)c1ccccc1.[Na+].[Na+]. The standard InChI is InChI=1S/C11H16O7P2.2Na/c1-8(11(12)9-5-3-2-4-6-9)7-10(19(13,14)15)20(16,17)18;;/h2-6,8,10H,7H2,1H3,(H2,13,14,15)(H2,16,17,18);;/q;2*+1/p-2. The number of carbonyl (C=O) groups is 1. The number of Topliss-reactive ketones (excluding diaryl/α,β-unsaturated/α-hetero) is 1. The van der Waals surface area contributed by atoms with Crippen molar-refractivity contribution in [1.29, 1.82) is 0 Å². The Labute approximate surface area is 172 Å². The predicted molar refractivity (Wildman–Crippen MR) is 68.0 cm³/mol. The molecule has 0 fully saturated rings. The third kappa shape index (κ3) is 7.84. The van der Waals surface area contributed by atoms with E-state index >= 15 is 0 Å². The van der Waals surface area contributed by atoms with Gasteiger partial charge < -0.3 is 24.1 Å². The summed E-state index contributed by atoms with van der Waals surface area (Å²) >= 11 is 0. The van der Waals surface area contributed by atoms with E-state index in [0.717, 1.165) is 0 Å². The van der Waals surface area contributed by atoms with Crippen LogP contribution in [-0.4, -0.2) is 21.0 Å². The first-order chi connectivity index (χ1) is 9.03. The molecular formula is C11H14Na2O7P2. The molecule has 0 bridgehead atoms. The topological polar surface area (TPSA) is 138 Å².